The monoisotopic (exact) mass is 385 g/mol. The van der Waals surface area contributed by atoms with E-state index in [1.54, 1.807) is 0 Å². The molecule has 3 rings (SSSR count). The van der Waals surface area contributed by atoms with E-state index in [4.69, 9.17) is 0 Å². The molecule has 154 valence electrons. The van der Waals surface area contributed by atoms with Crippen LogP contribution < -0.4 is 0 Å². The van der Waals surface area contributed by atoms with Gasteiger partial charge < -0.3 is 14.7 Å². The van der Waals surface area contributed by atoms with Crippen molar-refractivity contribution in [1.82, 2.24) is 14.7 Å². The maximum atomic E-state index is 13.0. The van der Waals surface area contributed by atoms with Crippen molar-refractivity contribution in [3.63, 3.8) is 0 Å². The van der Waals surface area contributed by atoms with Gasteiger partial charge in [0.05, 0.1) is 0 Å². The van der Waals surface area contributed by atoms with Gasteiger partial charge in [-0.2, -0.15) is 0 Å². The number of likely N-dealkylation sites (tertiary alicyclic amines) is 2. The zero-order chi connectivity index (χ0) is 19.8. The summed E-state index contributed by atoms with van der Waals surface area (Å²) in [6.07, 6.45) is 6.29. The van der Waals surface area contributed by atoms with Crippen molar-refractivity contribution >= 4 is 11.8 Å². The predicted molar refractivity (Wildman–Crippen MR) is 112 cm³/mol. The van der Waals surface area contributed by atoms with Crippen LogP contribution >= 0.6 is 0 Å². The fourth-order valence-electron chi connectivity index (χ4n) is 4.48. The average Bonchev–Trinajstić information content (AvgIpc) is 3.10. The van der Waals surface area contributed by atoms with Crippen LogP contribution in [0.1, 0.15) is 44.1 Å². The second-order valence-electron chi connectivity index (χ2n) is 8.43. The second kappa shape index (κ2) is 10.6. The molecular formula is C23H35N3O2. The van der Waals surface area contributed by atoms with E-state index in [0.29, 0.717) is 18.8 Å². The molecule has 0 saturated carbocycles. The van der Waals surface area contributed by atoms with Crippen LogP contribution in [0.5, 0.6) is 0 Å². The number of rotatable bonds is 9. The number of carbonyl (C=O) groups is 2. The van der Waals surface area contributed by atoms with E-state index in [0.717, 1.165) is 52.0 Å². The minimum absolute atomic E-state index is 0.246. The molecule has 2 aliphatic rings. The Morgan fingerprint density at radius 1 is 1.18 bits per heavy atom. The normalized spacial score (nSPS) is 20.5. The van der Waals surface area contributed by atoms with Crippen LogP contribution in [0.15, 0.2) is 30.3 Å². The lowest BCUT2D eigenvalue weighted by molar-refractivity contribution is -0.133. The lowest BCUT2D eigenvalue weighted by Gasteiger charge is -2.34. The van der Waals surface area contributed by atoms with E-state index in [1.807, 2.05) is 11.0 Å². The molecule has 2 fully saturated rings. The lowest BCUT2D eigenvalue weighted by Crippen LogP contribution is -2.42. The Balaban J connectivity index is 1.52. The number of nitrogens with zero attached hydrogens (tertiary/aromatic N) is 3. The molecule has 0 bridgehead atoms. The first-order valence-electron chi connectivity index (χ1n) is 10.9. The van der Waals surface area contributed by atoms with Gasteiger partial charge in [-0.1, -0.05) is 30.3 Å². The van der Waals surface area contributed by atoms with Crippen molar-refractivity contribution < 1.29 is 9.59 Å². The van der Waals surface area contributed by atoms with E-state index < -0.39 is 0 Å². The number of hydrogen-bond donors (Lipinski definition) is 0. The highest BCUT2D eigenvalue weighted by molar-refractivity contribution is 5.78. The molecule has 0 radical (unpaired) electrons. The number of hydrogen-bond acceptors (Lipinski definition) is 3. The van der Waals surface area contributed by atoms with Gasteiger partial charge in [-0.15, -0.1) is 0 Å². The molecule has 2 aliphatic heterocycles. The molecule has 5 heteroatoms. The smallest absolute Gasteiger partial charge is 0.222 e. The highest BCUT2D eigenvalue weighted by Gasteiger charge is 2.24. The minimum atomic E-state index is 0.246. The van der Waals surface area contributed by atoms with Crippen molar-refractivity contribution in [2.75, 3.05) is 46.3 Å². The summed E-state index contributed by atoms with van der Waals surface area (Å²) in [5, 5.41) is 0. The van der Waals surface area contributed by atoms with Crippen LogP contribution in [-0.4, -0.2) is 72.8 Å². The van der Waals surface area contributed by atoms with Gasteiger partial charge in [-0.25, -0.2) is 0 Å². The van der Waals surface area contributed by atoms with Crippen molar-refractivity contribution in [3.8, 4) is 0 Å². The Morgan fingerprint density at radius 2 is 2.00 bits per heavy atom. The molecule has 1 aromatic carbocycles. The molecule has 0 spiro atoms. The fraction of sp³-hybridized carbons (Fsp3) is 0.652. The third kappa shape index (κ3) is 6.33. The largest absolute Gasteiger partial charge is 0.343 e. The molecule has 0 N–H and O–H groups in total. The molecule has 0 aliphatic carbocycles. The molecule has 1 aromatic rings. The zero-order valence-electron chi connectivity index (χ0n) is 17.3. The molecule has 0 unspecified atom stereocenters. The molecular weight excluding hydrogens is 350 g/mol. The third-order valence-electron chi connectivity index (χ3n) is 6.06. The summed E-state index contributed by atoms with van der Waals surface area (Å²) in [6, 6.07) is 10.4. The van der Waals surface area contributed by atoms with E-state index in [9.17, 15) is 9.59 Å². The first kappa shape index (κ1) is 20.8. The van der Waals surface area contributed by atoms with Gasteiger partial charge in [0.1, 0.15) is 0 Å². The van der Waals surface area contributed by atoms with Crippen LogP contribution in [0.3, 0.4) is 0 Å². The quantitative estimate of drug-likeness (QED) is 0.657. The molecule has 28 heavy (non-hydrogen) atoms. The maximum absolute atomic E-state index is 13.0. The standard InChI is InChI=1S/C23H35N3O2/c1-24-14-5-10-21(18-24)19-26(17-13-20-8-3-2-4-9-20)23(28)12-7-16-25-15-6-11-22(25)27/h2-4,8-9,21H,5-7,10-19H2,1H3/t21-/m1/s1. The Morgan fingerprint density at radius 3 is 2.71 bits per heavy atom. The fourth-order valence-corrected chi connectivity index (χ4v) is 4.48. The summed E-state index contributed by atoms with van der Waals surface area (Å²) in [7, 11) is 2.18. The van der Waals surface area contributed by atoms with Gasteiger partial charge in [0, 0.05) is 45.6 Å². The van der Waals surface area contributed by atoms with Gasteiger partial charge in [0.25, 0.3) is 0 Å². The summed E-state index contributed by atoms with van der Waals surface area (Å²) in [6.45, 7) is 5.47. The van der Waals surface area contributed by atoms with E-state index in [2.05, 4.69) is 41.1 Å². The van der Waals surface area contributed by atoms with Crippen molar-refractivity contribution in [2.45, 2.75) is 44.9 Å². The van der Waals surface area contributed by atoms with Crippen LogP contribution in [0, 0.1) is 5.92 Å². The van der Waals surface area contributed by atoms with Crippen LogP contribution in [-0.2, 0) is 16.0 Å². The molecule has 1 atom stereocenters. The van der Waals surface area contributed by atoms with Crippen molar-refractivity contribution in [3.05, 3.63) is 35.9 Å². The van der Waals surface area contributed by atoms with Crippen LogP contribution in [0.4, 0.5) is 0 Å². The summed E-state index contributed by atoms with van der Waals surface area (Å²) in [4.78, 5) is 31.1. The zero-order valence-corrected chi connectivity index (χ0v) is 17.3. The molecule has 2 heterocycles. The topological polar surface area (TPSA) is 43.9 Å². The van der Waals surface area contributed by atoms with Gasteiger partial charge >= 0.3 is 0 Å². The van der Waals surface area contributed by atoms with Gasteiger partial charge in [-0.05, 0) is 57.2 Å². The number of piperidine rings is 1. The summed E-state index contributed by atoms with van der Waals surface area (Å²) >= 11 is 0. The van der Waals surface area contributed by atoms with Crippen molar-refractivity contribution in [2.24, 2.45) is 5.92 Å². The number of amides is 2. The lowest BCUT2D eigenvalue weighted by atomic mass is 9.97. The minimum Gasteiger partial charge on any atom is -0.343 e. The Hall–Kier alpha value is -1.88. The summed E-state index contributed by atoms with van der Waals surface area (Å²) in [5.41, 5.74) is 1.28. The third-order valence-corrected chi connectivity index (χ3v) is 6.06. The second-order valence-corrected chi connectivity index (χ2v) is 8.43. The number of carbonyl (C=O) groups excluding carboxylic acids is 2. The SMILES string of the molecule is CN1CCC[C@@H](CN(CCc2ccccc2)C(=O)CCCN2CCCC2=O)C1. The van der Waals surface area contributed by atoms with Crippen molar-refractivity contribution in [1.29, 1.82) is 0 Å². The van der Waals surface area contributed by atoms with Gasteiger partial charge in [0.2, 0.25) is 11.8 Å². The van der Waals surface area contributed by atoms with Crippen LogP contribution in [0.25, 0.3) is 0 Å². The maximum Gasteiger partial charge on any atom is 0.222 e. The highest BCUT2D eigenvalue weighted by atomic mass is 16.2. The Kier molecular flexibility index (Phi) is 7.90. The van der Waals surface area contributed by atoms with E-state index in [1.165, 1.54) is 24.9 Å². The first-order valence-corrected chi connectivity index (χ1v) is 10.9. The molecule has 0 aromatic heterocycles. The molecule has 2 amide bonds. The van der Waals surface area contributed by atoms with Crippen LogP contribution in [0.2, 0.25) is 0 Å². The number of benzene rings is 1. The summed E-state index contributed by atoms with van der Waals surface area (Å²) < 4.78 is 0. The van der Waals surface area contributed by atoms with E-state index >= 15 is 0 Å². The highest BCUT2D eigenvalue weighted by Crippen LogP contribution is 2.18. The van der Waals surface area contributed by atoms with Gasteiger partial charge in [0.15, 0.2) is 0 Å². The predicted octanol–water partition coefficient (Wildman–Crippen LogP) is 2.80. The van der Waals surface area contributed by atoms with E-state index in [-0.39, 0.29) is 11.8 Å². The average molecular weight is 386 g/mol. The molecule has 2 saturated heterocycles. The Bertz CT molecular complexity index is 634. The Labute approximate surface area is 169 Å². The van der Waals surface area contributed by atoms with Gasteiger partial charge in [-0.3, -0.25) is 9.59 Å². The summed E-state index contributed by atoms with van der Waals surface area (Å²) in [5.74, 6) is 1.06. The molecule has 5 nitrogen and oxygen atoms in total. The first-order chi connectivity index (χ1) is 13.6.